The maximum atomic E-state index is 14.1. The van der Waals surface area contributed by atoms with E-state index in [-0.39, 0.29) is 17.5 Å². The smallest absolute Gasteiger partial charge is 0.384 e. The summed E-state index contributed by atoms with van der Waals surface area (Å²) in [6.45, 7) is 5.14. The fraction of sp³-hybridized carbons (Fsp3) is 0.531. The normalized spacial score (nSPS) is 16.7. The van der Waals surface area contributed by atoms with Gasteiger partial charge in [-0.2, -0.15) is 13.2 Å². The van der Waals surface area contributed by atoms with Crippen molar-refractivity contribution in [3.8, 4) is 22.8 Å². The predicted molar refractivity (Wildman–Crippen MR) is 165 cm³/mol. The number of halogens is 3. The van der Waals surface area contributed by atoms with E-state index in [0.717, 1.165) is 69.3 Å². The molecule has 5 heterocycles. The Morgan fingerprint density at radius 1 is 0.977 bits per heavy atom. The molecule has 2 fully saturated rings. The molecular weight excluding hydrogens is 569 g/mol. The van der Waals surface area contributed by atoms with Gasteiger partial charge in [-0.15, -0.1) is 0 Å². The zero-order valence-corrected chi connectivity index (χ0v) is 25.5. The van der Waals surface area contributed by atoms with Gasteiger partial charge in [0.15, 0.2) is 11.5 Å². The molecule has 12 heteroatoms. The summed E-state index contributed by atoms with van der Waals surface area (Å²) >= 11 is 0. The van der Waals surface area contributed by atoms with Crippen LogP contribution in [0.15, 0.2) is 30.7 Å². The Bertz CT molecular complexity index is 1590. The van der Waals surface area contributed by atoms with Crippen LogP contribution in [0, 0.1) is 5.41 Å². The second kappa shape index (κ2) is 12.3. The summed E-state index contributed by atoms with van der Waals surface area (Å²) in [5, 5.41) is 0. The molecule has 1 N–H and O–H groups in total. The molecule has 0 atom stereocenters. The van der Waals surface area contributed by atoms with Gasteiger partial charge >= 0.3 is 6.18 Å². The van der Waals surface area contributed by atoms with Gasteiger partial charge in [0.25, 0.3) is 0 Å². The van der Waals surface area contributed by atoms with Crippen molar-refractivity contribution >= 4 is 22.7 Å². The number of ether oxygens (including phenoxy) is 1. The molecule has 4 aromatic heterocycles. The highest BCUT2D eigenvalue weighted by Crippen LogP contribution is 2.43. The Morgan fingerprint density at radius 3 is 2.41 bits per heavy atom. The quantitative estimate of drug-likeness (QED) is 0.213. The van der Waals surface area contributed by atoms with Gasteiger partial charge in [0, 0.05) is 51.0 Å². The van der Waals surface area contributed by atoms with Crippen molar-refractivity contribution in [1.29, 1.82) is 0 Å². The fourth-order valence-electron chi connectivity index (χ4n) is 6.51. The van der Waals surface area contributed by atoms with Crippen LogP contribution < -0.4 is 9.80 Å². The van der Waals surface area contributed by atoms with E-state index >= 15 is 0 Å². The van der Waals surface area contributed by atoms with Crippen molar-refractivity contribution in [2.75, 3.05) is 50.2 Å². The van der Waals surface area contributed by atoms with Crippen LogP contribution in [0.1, 0.15) is 63.1 Å². The third-order valence-corrected chi connectivity index (χ3v) is 8.91. The highest BCUT2D eigenvalue weighted by molar-refractivity contribution is 5.91. The highest BCUT2D eigenvalue weighted by Gasteiger charge is 2.39. The number of rotatable bonds is 10. The average molecular weight is 609 g/mol. The van der Waals surface area contributed by atoms with Gasteiger partial charge in [-0.1, -0.05) is 19.8 Å². The number of aromatic nitrogens is 6. The molecule has 1 saturated carbocycles. The number of anilines is 2. The standard InChI is InChI=1S/C32H39F3N8O/c1-4-9-23-22(32(33,34)35)14-21(16-36-23)24-15-26(42(2)19-31(20-44-3)10-8-11-31)28-30(39-24)41-29(40-28)25-17-38-27(18-37-25)43-12-6-5-7-13-43/h14-18H,4-13,19-20H2,1-3H3,(H,39,40,41). The van der Waals surface area contributed by atoms with Crippen LogP contribution in [0.25, 0.3) is 33.9 Å². The number of H-pyrrole nitrogens is 1. The first-order valence-corrected chi connectivity index (χ1v) is 15.4. The van der Waals surface area contributed by atoms with Gasteiger partial charge in [-0.3, -0.25) is 4.98 Å². The Morgan fingerprint density at radius 2 is 1.77 bits per heavy atom. The molecule has 234 valence electrons. The van der Waals surface area contributed by atoms with Gasteiger partial charge in [-0.25, -0.2) is 19.9 Å². The molecule has 2 aliphatic rings. The first-order chi connectivity index (χ1) is 21.2. The van der Waals surface area contributed by atoms with Gasteiger partial charge in [0.05, 0.1) is 41.6 Å². The van der Waals surface area contributed by atoms with Crippen LogP contribution in [0.3, 0.4) is 0 Å². The number of nitrogens with one attached hydrogen (secondary N) is 1. The largest absolute Gasteiger partial charge is 0.418 e. The first-order valence-electron chi connectivity index (χ1n) is 15.4. The molecule has 1 saturated heterocycles. The molecule has 4 aromatic rings. The van der Waals surface area contributed by atoms with Crippen LogP contribution in [-0.2, 0) is 17.3 Å². The summed E-state index contributed by atoms with van der Waals surface area (Å²) in [7, 11) is 3.71. The Kier molecular flexibility index (Phi) is 8.45. The molecule has 0 amide bonds. The third kappa shape index (κ3) is 6.09. The molecule has 0 radical (unpaired) electrons. The number of methoxy groups -OCH3 is 1. The van der Waals surface area contributed by atoms with E-state index in [1.807, 2.05) is 20.0 Å². The highest BCUT2D eigenvalue weighted by atomic mass is 19.4. The van der Waals surface area contributed by atoms with E-state index < -0.39 is 11.7 Å². The van der Waals surface area contributed by atoms with Gasteiger partial charge in [0.1, 0.15) is 17.0 Å². The zero-order chi connectivity index (χ0) is 30.9. The van der Waals surface area contributed by atoms with Crippen molar-refractivity contribution in [3.63, 3.8) is 0 Å². The van der Waals surface area contributed by atoms with Crippen molar-refractivity contribution in [1.82, 2.24) is 29.9 Å². The van der Waals surface area contributed by atoms with Gasteiger partial charge in [0.2, 0.25) is 0 Å². The minimum Gasteiger partial charge on any atom is -0.384 e. The molecule has 6 rings (SSSR count). The van der Waals surface area contributed by atoms with E-state index in [1.165, 1.54) is 12.6 Å². The summed E-state index contributed by atoms with van der Waals surface area (Å²) in [4.78, 5) is 30.8. The number of alkyl halides is 3. The fourth-order valence-corrected chi connectivity index (χ4v) is 6.51. The zero-order valence-electron chi connectivity index (χ0n) is 25.5. The van der Waals surface area contributed by atoms with E-state index in [9.17, 15) is 13.2 Å². The summed E-state index contributed by atoms with van der Waals surface area (Å²) in [6.07, 6.45) is 8.02. The number of aromatic amines is 1. The predicted octanol–water partition coefficient (Wildman–Crippen LogP) is 6.69. The lowest BCUT2D eigenvalue weighted by Gasteiger charge is -2.44. The SMILES string of the molecule is CCCc1ncc(-c2cc(N(C)CC3(COC)CCC3)c3[nH]c(-c4cnc(N5CCCCC5)cn4)nc3n2)cc1C(F)(F)F. The van der Waals surface area contributed by atoms with Crippen LogP contribution in [0.2, 0.25) is 0 Å². The maximum Gasteiger partial charge on any atom is 0.418 e. The first kappa shape index (κ1) is 30.2. The number of fused-ring (bicyclic) bond motifs is 1. The maximum absolute atomic E-state index is 14.1. The van der Waals surface area contributed by atoms with Crippen molar-refractivity contribution in [2.24, 2.45) is 5.41 Å². The number of aryl methyl sites for hydroxylation is 1. The number of piperidine rings is 1. The molecule has 1 aliphatic heterocycles. The molecule has 0 unspecified atom stereocenters. The lowest BCUT2D eigenvalue weighted by atomic mass is 9.69. The number of pyridine rings is 2. The number of nitrogens with zero attached hydrogens (tertiary/aromatic N) is 7. The Balaban J connectivity index is 1.42. The lowest BCUT2D eigenvalue weighted by molar-refractivity contribution is -0.138. The van der Waals surface area contributed by atoms with E-state index in [4.69, 9.17) is 14.7 Å². The molecule has 1 aliphatic carbocycles. The van der Waals surface area contributed by atoms with Crippen molar-refractivity contribution in [3.05, 3.63) is 42.0 Å². The van der Waals surface area contributed by atoms with E-state index in [1.54, 1.807) is 19.5 Å². The van der Waals surface area contributed by atoms with Gasteiger partial charge in [-0.05, 0) is 50.7 Å². The number of imidazole rings is 1. The monoisotopic (exact) mass is 608 g/mol. The summed E-state index contributed by atoms with van der Waals surface area (Å²) < 4.78 is 47.7. The second-order valence-corrected chi connectivity index (χ2v) is 12.2. The van der Waals surface area contributed by atoms with Crippen LogP contribution >= 0.6 is 0 Å². The summed E-state index contributed by atoms with van der Waals surface area (Å²) in [5.41, 5.74) is 2.43. The van der Waals surface area contributed by atoms with Crippen LogP contribution in [0.4, 0.5) is 24.7 Å². The molecule has 0 aromatic carbocycles. The van der Waals surface area contributed by atoms with E-state index in [0.29, 0.717) is 47.0 Å². The molecule has 0 bridgehead atoms. The Hall–Kier alpha value is -3.80. The lowest BCUT2D eigenvalue weighted by Crippen LogP contribution is -2.44. The molecule has 44 heavy (non-hydrogen) atoms. The van der Waals surface area contributed by atoms with Crippen LogP contribution in [-0.4, -0.2) is 70.3 Å². The number of hydrogen-bond donors (Lipinski definition) is 1. The average Bonchev–Trinajstić information content (AvgIpc) is 3.44. The minimum atomic E-state index is -4.52. The minimum absolute atomic E-state index is 0.0185. The van der Waals surface area contributed by atoms with E-state index in [2.05, 4.69) is 29.7 Å². The Labute approximate surface area is 255 Å². The van der Waals surface area contributed by atoms with Crippen molar-refractivity contribution in [2.45, 2.75) is 64.5 Å². The van der Waals surface area contributed by atoms with Crippen molar-refractivity contribution < 1.29 is 17.9 Å². The summed E-state index contributed by atoms with van der Waals surface area (Å²) in [6, 6.07) is 2.98. The summed E-state index contributed by atoms with van der Waals surface area (Å²) in [5.74, 6) is 1.34. The van der Waals surface area contributed by atoms with Gasteiger partial charge < -0.3 is 19.5 Å². The topological polar surface area (TPSA) is 96.0 Å². The molecular formula is C32H39F3N8O. The molecule has 0 spiro atoms. The van der Waals surface area contributed by atoms with Crippen LogP contribution in [0.5, 0.6) is 0 Å². The molecule has 9 nitrogen and oxygen atoms in total. The second-order valence-electron chi connectivity index (χ2n) is 12.2. The third-order valence-electron chi connectivity index (χ3n) is 8.91. The number of hydrogen-bond acceptors (Lipinski definition) is 8.